The first-order chi connectivity index (χ1) is 13.9. The van der Waals surface area contributed by atoms with Gasteiger partial charge in [-0.1, -0.05) is 18.2 Å². The maximum atomic E-state index is 12.8. The standard InChI is InChI=1S/C21H22F3N3O2/c1-14-17(12-26-27-14)11-25-10-15-6-7-19(20(9-15)28-2)29-13-16-4-3-5-18(8-16)21(22,23)24/h3-9,12,25H,10-11,13H2,1-2H3,(H,26,27). The smallest absolute Gasteiger partial charge is 0.416 e. The summed E-state index contributed by atoms with van der Waals surface area (Å²) in [5.74, 6) is 0.995. The van der Waals surface area contributed by atoms with Gasteiger partial charge in [-0.3, -0.25) is 5.10 Å². The van der Waals surface area contributed by atoms with E-state index in [-0.39, 0.29) is 6.61 Å². The Kier molecular flexibility index (Phi) is 6.43. The minimum Gasteiger partial charge on any atom is -0.493 e. The first kappa shape index (κ1) is 20.7. The van der Waals surface area contributed by atoms with Gasteiger partial charge in [0.05, 0.1) is 18.9 Å². The molecule has 2 N–H and O–H groups in total. The summed E-state index contributed by atoms with van der Waals surface area (Å²) >= 11 is 0. The van der Waals surface area contributed by atoms with Crippen molar-refractivity contribution >= 4 is 0 Å². The number of rotatable bonds is 8. The van der Waals surface area contributed by atoms with Gasteiger partial charge in [0, 0.05) is 24.3 Å². The zero-order chi connectivity index (χ0) is 20.9. The average Bonchev–Trinajstić information content (AvgIpc) is 3.11. The van der Waals surface area contributed by atoms with Gasteiger partial charge in [-0.15, -0.1) is 0 Å². The van der Waals surface area contributed by atoms with E-state index in [1.165, 1.54) is 13.2 Å². The van der Waals surface area contributed by atoms with Crippen molar-refractivity contribution < 1.29 is 22.6 Å². The van der Waals surface area contributed by atoms with E-state index >= 15 is 0 Å². The van der Waals surface area contributed by atoms with E-state index in [1.54, 1.807) is 18.3 Å². The Hall–Kier alpha value is -3.00. The second-order valence-corrected chi connectivity index (χ2v) is 6.60. The van der Waals surface area contributed by atoms with Crippen LogP contribution in [0.15, 0.2) is 48.7 Å². The van der Waals surface area contributed by atoms with Crippen molar-refractivity contribution in [3.63, 3.8) is 0 Å². The number of aromatic amines is 1. The molecule has 0 fully saturated rings. The van der Waals surface area contributed by atoms with Crippen molar-refractivity contribution in [1.29, 1.82) is 0 Å². The predicted molar refractivity (Wildman–Crippen MR) is 103 cm³/mol. The summed E-state index contributed by atoms with van der Waals surface area (Å²) in [6.45, 7) is 3.27. The first-order valence-corrected chi connectivity index (χ1v) is 9.02. The number of nitrogens with one attached hydrogen (secondary N) is 2. The Bertz CT molecular complexity index is 954. The van der Waals surface area contributed by atoms with Gasteiger partial charge < -0.3 is 14.8 Å². The van der Waals surface area contributed by atoms with Crippen molar-refractivity contribution in [2.45, 2.75) is 32.8 Å². The highest BCUT2D eigenvalue weighted by Gasteiger charge is 2.30. The van der Waals surface area contributed by atoms with Crippen LogP contribution in [0.2, 0.25) is 0 Å². The molecule has 0 aliphatic rings. The maximum absolute atomic E-state index is 12.8. The molecule has 0 saturated carbocycles. The van der Waals surface area contributed by atoms with Crippen LogP contribution in [0.25, 0.3) is 0 Å². The minimum absolute atomic E-state index is 0.0116. The van der Waals surface area contributed by atoms with Gasteiger partial charge in [0.1, 0.15) is 6.61 Å². The zero-order valence-corrected chi connectivity index (χ0v) is 16.1. The van der Waals surface area contributed by atoms with Crippen LogP contribution in [0, 0.1) is 6.92 Å². The number of aryl methyl sites for hydroxylation is 1. The molecule has 0 aliphatic heterocycles. The molecule has 0 aliphatic carbocycles. The lowest BCUT2D eigenvalue weighted by atomic mass is 10.1. The third kappa shape index (κ3) is 5.51. The van der Waals surface area contributed by atoms with Crippen LogP contribution in [-0.4, -0.2) is 17.3 Å². The monoisotopic (exact) mass is 405 g/mol. The second kappa shape index (κ2) is 9.00. The van der Waals surface area contributed by atoms with E-state index in [0.29, 0.717) is 30.2 Å². The van der Waals surface area contributed by atoms with Crippen LogP contribution in [0.5, 0.6) is 11.5 Å². The summed E-state index contributed by atoms with van der Waals surface area (Å²) < 4.78 is 49.6. The molecule has 8 heteroatoms. The fraction of sp³-hybridized carbons (Fsp3) is 0.286. The molecule has 3 aromatic rings. The highest BCUT2D eigenvalue weighted by atomic mass is 19.4. The average molecular weight is 405 g/mol. The number of halogens is 3. The number of ether oxygens (including phenoxy) is 2. The molecular formula is C21H22F3N3O2. The Morgan fingerprint density at radius 1 is 1.03 bits per heavy atom. The fourth-order valence-corrected chi connectivity index (χ4v) is 2.84. The predicted octanol–water partition coefficient (Wildman–Crippen LogP) is 4.61. The maximum Gasteiger partial charge on any atom is 0.416 e. The Morgan fingerprint density at radius 3 is 2.55 bits per heavy atom. The van der Waals surface area contributed by atoms with Crippen LogP contribution in [0.4, 0.5) is 13.2 Å². The zero-order valence-electron chi connectivity index (χ0n) is 16.1. The summed E-state index contributed by atoms with van der Waals surface area (Å²) in [7, 11) is 1.53. The van der Waals surface area contributed by atoms with E-state index < -0.39 is 11.7 Å². The first-order valence-electron chi connectivity index (χ1n) is 9.02. The van der Waals surface area contributed by atoms with Crippen molar-refractivity contribution in [3.05, 3.63) is 76.6 Å². The summed E-state index contributed by atoms with van der Waals surface area (Å²) in [6.07, 6.45) is -2.59. The van der Waals surface area contributed by atoms with Gasteiger partial charge in [-0.05, 0) is 42.3 Å². The topological polar surface area (TPSA) is 59.2 Å². The van der Waals surface area contributed by atoms with Crippen LogP contribution >= 0.6 is 0 Å². The Labute approximate surface area is 166 Å². The summed E-state index contributed by atoms with van der Waals surface area (Å²) in [5.41, 5.74) is 2.85. The molecule has 0 unspecified atom stereocenters. The van der Waals surface area contributed by atoms with E-state index in [0.717, 1.165) is 29.0 Å². The quantitative estimate of drug-likeness (QED) is 0.574. The minimum atomic E-state index is -4.38. The normalized spacial score (nSPS) is 11.5. The van der Waals surface area contributed by atoms with Crippen LogP contribution in [0.3, 0.4) is 0 Å². The molecular weight excluding hydrogens is 383 g/mol. The number of nitrogens with zero attached hydrogens (tertiary/aromatic N) is 1. The molecule has 3 rings (SSSR count). The molecule has 1 aromatic heterocycles. The van der Waals surface area contributed by atoms with Gasteiger partial charge in [-0.2, -0.15) is 18.3 Å². The molecule has 0 atom stereocenters. The van der Waals surface area contributed by atoms with Crippen molar-refractivity contribution in [3.8, 4) is 11.5 Å². The number of methoxy groups -OCH3 is 1. The number of alkyl halides is 3. The third-order valence-electron chi connectivity index (χ3n) is 4.46. The van der Waals surface area contributed by atoms with Crippen LogP contribution in [-0.2, 0) is 25.9 Å². The van der Waals surface area contributed by atoms with Gasteiger partial charge in [-0.25, -0.2) is 0 Å². The third-order valence-corrected chi connectivity index (χ3v) is 4.46. The molecule has 0 bridgehead atoms. The summed E-state index contributed by atoms with van der Waals surface area (Å²) in [5, 5.41) is 10.2. The number of hydrogen-bond acceptors (Lipinski definition) is 4. The van der Waals surface area contributed by atoms with E-state index in [9.17, 15) is 13.2 Å². The number of benzene rings is 2. The van der Waals surface area contributed by atoms with E-state index in [1.807, 2.05) is 19.1 Å². The largest absolute Gasteiger partial charge is 0.493 e. The molecule has 0 saturated heterocycles. The van der Waals surface area contributed by atoms with Crippen LogP contribution in [0.1, 0.15) is 27.9 Å². The highest BCUT2D eigenvalue weighted by molar-refractivity contribution is 5.43. The Morgan fingerprint density at radius 2 is 1.86 bits per heavy atom. The fourth-order valence-electron chi connectivity index (χ4n) is 2.84. The Balaban J connectivity index is 1.61. The molecule has 0 radical (unpaired) electrons. The number of aromatic nitrogens is 2. The SMILES string of the molecule is COc1cc(CNCc2cn[nH]c2C)ccc1OCc1cccc(C(F)(F)F)c1. The van der Waals surface area contributed by atoms with Crippen molar-refractivity contribution in [2.75, 3.05) is 7.11 Å². The van der Waals surface area contributed by atoms with E-state index in [2.05, 4.69) is 15.5 Å². The van der Waals surface area contributed by atoms with Crippen molar-refractivity contribution in [1.82, 2.24) is 15.5 Å². The van der Waals surface area contributed by atoms with Gasteiger partial charge in [0.15, 0.2) is 11.5 Å². The molecule has 2 aromatic carbocycles. The van der Waals surface area contributed by atoms with Crippen LogP contribution < -0.4 is 14.8 Å². The molecule has 0 amide bonds. The van der Waals surface area contributed by atoms with Gasteiger partial charge >= 0.3 is 6.18 Å². The highest BCUT2D eigenvalue weighted by Crippen LogP contribution is 2.31. The lowest BCUT2D eigenvalue weighted by molar-refractivity contribution is -0.137. The van der Waals surface area contributed by atoms with E-state index in [4.69, 9.17) is 9.47 Å². The van der Waals surface area contributed by atoms with Gasteiger partial charge in [0.25, 0.3) is 0 Å². The second-order valence-electron chi connectivity index (χ2n) is 6.60. The van der Waals surface area contributed by atoms with Crippen molar-refractivity contribution in [2.24, 2.45) is 0 Å². The molecule has 0 spiro atoms. The number of H-pyrrole nitrogens is 1. The molecule has 5 nitrogen and oxygen atoms in total. The molecule has 29 heavy (non-hydrogen) atoms. The lowest BCUT2D eigenvalue weighted by Crippen LogP contribution is -2.13. The molecule has 1 heterocycles. The number of hydrogen-bond donors (Lipinski definition) is 2. The lowest BCUT2D eigenvalue weighted by Gasteiger charge is -2.14. The van der Waals surface area contributed by atoms with Gasteiger partial charge in [0.2, 0.25) is 0 Å². The summed E-state index contributed by atoms with van der Waals surface area (Å²) in [6, 6.07) is 10.6. The molecule has 154 valence electrons. The summed E-state index contributed by atoms with van der Waals surface area (Å²) in [4.78, 5) is 0.